The Labute approximate surface area is 142 Å². The predicted octanol–water partition coefficient (Wildman–Crippen LogP) is 2.11. The van der Waals surface area contributed by atoms with Gasteiger partial charge in [0.1, 0.15) is 23.2 Å². The number of aryl methyl sites for hydroxylation is 1. The van der Waals surface area contributed by atoms with Gasteiger partial charge in [-0.25, -0.2) is 9.37 Å². The molecule has 3 aromatic rings. The zero-order valence-electron chi connectivity index (χ0n) is 13.4. The van der Waals surface area contributed by atoms with Gasteiger partial charge in [-0.2, -0.15) is 9.61 Å². The Morgan fingerprint density at radius 2 is 2.08 bits per heavy atom. The van der Waals surface area contributed by atoms with Crippen LogP contribution in [0.4, 0.5) is 4.39 Å². The second kappa shape index (κ2) is 7.06. The van der Waals surface area contributed by atoms with Crippen molar-refractivity contribution in [3.8, 4) is 5.75 Å². The Morgan fingerprint density at radius 1 is 1.33 bits per heavy atom. The summed E-state index contributed by atoms with van der Waals surface area (Å²) < 4.78 is 19.7. The molecular weight excluding hydrogens is 331 g/mol. The fourth-order valence-electron chi connectivity index (χ4n) is 2.24. The number of benzene rings is 1. The molecule has 6 nitrogen and oxygen atoms in total. The van der Waals surface area contributed by atoms with Crippen molar-refractivity contribution in [2.45, 2.75) is 13.5 Å². The van der Waals surface area contributed by atoms with Crippen molar-refractivity contribution in [3.05, 3.63) is 57.2 Å². The number of fused-ring (bicyclic) bond motifs is 1. The lowest BCUT2D eigenvalue weighted by Crippen LogP contribution is -2.26. The third kappa shape index (κ3) is 3.95. The zero-order valence-corrected chi connectivity index (χ0v) is 14.2. The Balaban J connectivity index is 1.57. The number of aromatic nitrogens is 3. The predicted molar refractivity (Wildman–Crippen MR) is 90.1 cm³/mol. The molecule has 0 amide bonds. The standard InChI is InChI=1S/C16H17FN4O2S/c1-11-19-21-15(22)9-13(18-16(21)24-11)10-20(2)7-8-23-14-5-3-12(17)4-6-14/h3-6,9H,7-8,10H2,1-2H3. The van der Waals surface area contributed by atoms with Gasteiger partial charge in [-0.05, 0) is 38.2 Å². The molecule has 8 heteroatoms. The molecule has 0 spiro atoms. The van der Waals surface area contributed by atoms with Gasteiger partial charge >= 0.3 is 0 Å². The Kier molecular flexibility index (Phi) is 4.86. The summed E-state index contributed by atoms with van der Waals surface area (Å²) in [5.41, 5.74) is 0.531. The van der Waals surface area contributed by atoms with Crippen LogP contribution in [0.15, 0.2) is 35.1 Å². The SMILES string of the molecule is Cc1nn2c(=O)cc(CN(C)CCOc3ccc(F)cc3)nc2s1. The van der Waals surface area contributed by atoms with E-state index in [-0.39, 0.29) is 11.4 Å². The molecule has 0 aliphatic rings. The van der Waals surface area contributed by atoms with Crippen LogP contribution in [0.1, 0.15) is 10.7 Å². The molecule has 0 aliphatic heterocycles. The highest BCUT2D eigenvalue weighted by molar-refractivity contribution is 7.16. The molecule has 2 heterocycles. The summed E-state index contributed by atoms with van der Waals surface area (Å²) in [5, 5.41) is 4.93. The summed E-state index contributed by atoms with van der Waals surface area (Å²) >= 11 is 1.39. The second-order valence-electron chi connectivity index (χ2n) is 5.44. The number of halogens is 1. The minimum absolute atomic E-state index is 0.171. The van der Waals surface area contributed by atoms with Crippen molar-refractivity contribution in [2.24, 2.45) is 0 Å². The summed E-state index contributed by atoms with van der Waals surface area (Å²) in [4.78, 5) is 19.1. The summed E-state index contributed by atoms with van der Waals surface area (Å²) in [5.74, 6) is 0.341. The van der Waals surface area contributed by atoms with E-state index in [1.165, 1.54) is 34.1 Å². The molecule has 1 aromatic carbocycles. The minimum Gasteiger partial charge on any atom is -0.492 e. The van der Waals surface area contributed by atoms with Crippen molar-refractivity contribution in [1.82, 2.24) is 19.5 Å². The summed E-state index contributed by atoms with van der Waals surface area (Å²) in [6, 6.07) is 7.42. The van der Waals surface area contributed by atoms with E-state index in [0.29, 0.717) is 36.1 Å². The topological polar surface area (TPSA) is 59.7 Å². The van der Waals surface area contributed by atoms with Crippen molar-refractivity contribution >= 4 is 16.3 Å². The van der Waals surface area contributed by atoms with Crippen molar-refractivity contribution in [2.75, 3.05) is 20.2 Å². The average Bonchev–Trinajstić information content (AvgIpc) is 2.90. The first-order chi connectivity index (χ1) is 11.5. The van der Waals surface area contributed by atoms with Gasteiger partial charge in [-0.15, -0.1) is 0 Å². The van der Waals surface area contributed by atoms with Crippen molar-refractivity contribution in [1.29, 1.82) is 0 Å². The van der Waals surface area contributed by atoms with E-state index in [1.807, 2.05) is 18.9 Å². The molecule has 0 N–H and O–H groups in total. The quantitative estimate of drug-likeness (QED) is 0.683. The van der Waals surface area contributed by atoms with Crippen LogP contribution in [0.2, 0.25) is 0 Å². The lowest BCUT2D eigenvalue weighted by molar-refractivity contribution is 0.231. The van der Waals surface area contributed by atoms with Gasteiger partial charge in [0.25, 0.3) is 5.56 Å². The highest BCUT2D eigenvalue weighted by Gasteiger charge is 2.09. The Morgan fingerprint density at radius 3 is 2.83 bits per heavy atom. The van der Waals surface area contributed by atoms with Crippen molar-refractivity contribution in [3.63, 3.8) is 0 Å². The molecule has 0 unspecified atom stereocenters. The lowest BCUT2D eigenvalue weighted by atomic mass is 10.3. The maximum atomic E-state index is 12.8. The monoisotopic (exact) mass is 348 g/mol. The smallest absolute Gasteiger partial charge is 0.275 e. The highest BCUT2D eigenvalue weighted by atomic mass is 32.1. The van der Waals surface area contributed by atoms with Crippen LogP contribution in [0.3, 0.4) is 0 Å². The molecule has 0 atom stereocenters. The first-order valence-electron chi connectivity index (χ1n) is 7.44. The molecule has 126 valence electrons. The van der Waals surface area contributed by atoms with E-state index < -0.39 is 0 Å². The van der Waals surface area contributed by atoms with E-state index in [0.717, 1.165) is 5.01 Å². The first kappa shape index (κ1) is 16.5. The van der Waals surface area contributed by atoms with Gasteiger partial charge in [-0.3, -0.25) is 9.69 Å². The van der Waals surface area contributed by atoms with Gasteiger partial charge in [0.05, 0.1) is 5.69 Å². The molecule has 0 saturated carbocycles. The Bertz CT molecular complexity index is 891. The molecular formula is C16H17FN4O2S. The maximum Gasteiger partial charge on any atom is 0.275 e. The summed E-state index contributed by atoms with van der Waals surface area (Å²) in [7, 11) is 1.93. The summed E-state index contributed by atoms with van der Waals surface area (Å²) in [6.07, 6.45) is 0. The van der Waals surface area contributed by atoms with E-state index in [2.05, 4.69) is 10.1 Å². The largest absolute Gasteiger partial charge is 0.492 e. The lowest BCUT2D eigenvalue weighted by Gasteiger charge is -2.16. The zero-order chi connectivity index (χ0) is 17.1. The van der Waals surface area contributed by atoms with Crippen LogP contribution in [-0.4, -0.2) is 39.7 Å². The first-order valence-corrected chi connectivity index (χ1v) is 8.26. The van der Waals surface area contributed by atoms with Crippen molar-refractivity contribution < 1.29 is 9.13 Å². The molecule has 3 rings (SSSR count). The maximum absolute atomic E-state index is 12.8. The summed E-state index contributed by atoms with van der Waals surface area (Å²) in [6.45, 7) is 3.50. The minimum atomic E-state index is -0.287. The number of rotatable bonds is 6. The van der Waals surface area contributed by atoms with Crippen LogP contribution < -0.4 is 10.3 Å². The van der Waals surface area contributed by atoms with E-state index in [9.17, 15) is 9.18 Å². The fourth-order valence-corrected chi connectivity index (χ4v) is 3.01. The highest BCUT2D eigenvalue weighted by Crippen LogP contribution is 2.12. The average molecular weight is 348 g/mol. The molecule has 0 fully saturated rings. The van der Waals surface area contributed by atoms with Crippen LogP contribution >= 0.6 is 11.3 Å². The molecule has 0 saturated heterocycles. The number of nitrogens with zero attached hydrogens (tertiary/aromatic N) is 4. The second-order valence-corrected chi connectivity index (χ2v) is 6.60. The molecule has 0 bridgehead atoms. The molecule has 2 aromatic heterocycles. The van der Waals surface area contributed by atoms with Gasteiger partial charge < -0.3 is 4.74 Å². The molecule has 0 radical (unpaired) electrons. The van der Waals surface area contributed by atoms with Crippen LogP contribution in [0, 0.1) is 12.7 Å². The van der Waals surface area contributed by atoms with Gasteiger partial charge in [0.2, 0.25) is 4.96 Å². The normalized spacial score (nSPS) is 11.3. The van der Waals surface area contributed by atoms with E-state index >= 15 is 0 Å². The fraction of sp³-hybridized carbons (Fsp3) is 0.312. The van der Waals surface area contributed by atoms with Crippen LogP contribution in [0.5, 0.6) is 5.75 Å². The van der Waals surface area contributed by atoms with E-state index in [1.54, 1.807) is 12.1 Å². The van der Waals surface area contributed by atoms with Gasteiger partial charge in [-0.1, -0.05) is 11.3 Å². The third-order valence-electron chi connectivity index (χ3n) is 3.39. The van der Waals surface area contributed by atoms with E-state index in [4.69, 9.17) is 4.74 Å². The third-order valence-corrected chi connectivity index (χ3v) is 4.21. The Hall–Kier alpha value is -2.32. The van der Waals surface area contributed by atoms with Gasteiger partial charge in [0.15, 0.2) is 0 Å². The van der Waals surface area contributed by atoms with Crippen LogP contribution in [0.25, 0.3) is 4.96 Å². The van der Waals surface area contributed by atoms with Gasteiger partial charge in [0, 0.05) is 19.2 Å². The van der Waals surface area contributed by atoms with Crippen LogP contribution in [-0.2, 0) is 6.54 Å². The number of hydrogen-bond donors (Lipinski definition) is 0. The molecule has 24 heavy (non-hydrogen) atoms. The molecule has 0 aliphatic carbocycles. The number of likely N-dealkylation sites (N-methyl/N-ethyl adjacent to an activating group) is 1. The number of ether oxygens (including phenoxy) is 1. The number of hydrogen-bond acceptors (Lipinski definition) is 6.